The van der Waals surface area contributed by atoms with E-state index in [1.165, 1.54) is 12.1 Å². The Hall–Kier alpha value is -2.03. The Balaban J connectivity index is 2.44. The fourth-order valence-corrected chi connectivity index (χ4v) is 1.98. The van der Waals surface area contributed by atoms with Crippen LogP contribution in [-0.2, 0) is 0 Å². The number of aromatic nitrogens is 1. The molecule has 0 aliphatic heterocycles. The fourth-order valence-electron chi connectivity index (χ4n) is 1.98. The van der Waals surface area contributed by atoms with Crippen LogP contribution in [0.5, 0.6) is 5.75 Å². The summed E-state index contributed by atoms with van der Waals surface area (Å²) in [4.78, 5) is 3.23. The van der Waals surface area contributed by atoms with Gasteiger partial charge in [0.25, 0.3) is 0 Å². The maximum absolute atomic E-state index is 13.2. The van der Waals surface area contributed by atoms with Gasteiger partial charge >= 0.3 is 0 Å². The number of hydrogen-bond acceptors (Lipinski definition) is 1. The van der Waals surface area contributed by atoms with Gasteiger partial charge in [0.1, 0.15) is 11.6 Å². The zero-order chi connectivity index (χ0) is 11.1. The van der Waals surface area contributed by atoms with Crippen molar-refractivity contribution in [2.24, 2.45) is 0 Å². The molecule has 0 bridgehead atoms. The topological polar surface area (TPSA) is 25.0 Å². The summed E-state index contributed by atoms with van der Waals surface area (Å²) in [6.07, 6.45) is 0. The third-order valence-electron chi connectivity index (χ3n) is 2.77. The number of nitrogens with one attached hydrogen (secondary N) is 1. The van der Waals surface area contributed by atoms with Gasteiger partial charge in [-0.2, -0.15) is 0 Å². The van der Waals surface area contributed by atoms with Crippen molar-refractivity contribution in [3.8, 4) is 5.75 Å². The van der Waals surface area contributed by atoms with Gasteiger partial charge in [0.15, 0.2) is 0 Å². The highest BCUT2D eigenvalue weighted by molar-refractivity contribution is 6.07. The van der Waals surface area contributed by atoms with Crippen molar-refractivity contribution in [1.29, 1.82) is 0 Å². The van der Waals surface area contributed by atoms with Crippen molar-refractivity contribution in [2.45, 2.75) is 0 Å². The van der Waals surface area contributed by atoms with E-state index in [9.17, 15) is 4.39 Å². The second-order valence-corrected chi connectivity index (χ2v) is 3.73. The fraction of sp³-hybridized carbons (Fsp3) is 0.0769. The molecule has 2 nitrogen and oxygen atoms in total. The van der Waals surface area contributed by atoms with Crippen LogP contribution in [0.2, 0.25) is 0 Å². The number of H-pyrrole nitrogens is 1. The lowest BCUT2D eigenvalue weighted by atomic mass is 10.1. The number of hydrogen-bond donors (Lipinski definition) is 1. The molecule has 0 aliphatic carbocycles. The third-order valence-corrected chi connectivity index (χ3v) is 2.77. The first-order chi connectivity index (χ1) is 7.78. The molecule has 80 valence electrons. The van der Waals surface area contributed by atoms with Gasteiger partial charge in [-0.15, -0.1) is 0 Å². The molecule has 0 saturated carbocycles. The smallest absolute Gasteiger partial charge is 0.123 e. The van der Waals surface area contributed by atoms with Crippen LogP contribution in [0.15, 0.2) is 36.4 Å². The molecule has 0 amide bonds. The predicted molar refractivity (Wildman–Crippen MR) is 62.3 cm³/mol. The third kappa shape index (κ3) is 1.25. The van der Waals surface area contributed by atoms with Crippen molar-refractivity contribution in [2.75, 3.05) is 7.11 Å². The Bertz CT molecular complexity index is 672. The van der Waals surface area contributed by atoms with Crippen molar-refractivity contribution < 1.29 is 9.13 Å². The first kappa shape index (κ1) is 9.21. The molecule has 1 aromatic heterocycles. The van der Waals surface area contributed by atoms with E-state index >= 15 is 0 Å². The van der Waals surface area contributed by atoms with Crippen LogP contribution in [-0.4, -0.2) is 12.1 Å². The molecule has 3 aromatic rings. The Morgan fingerprint density at radius 3 is 2.44 bits per heavy atom. The average Bonchev–Trinajstić information content (AvgIpc) is 2.66. The maximum atomic E-state index is 13.2. The largest absolute Gasteiger partial charge is 0.497 e. The average molecular weight is 215 g/mol. The molecule has 2 aromatic carbocycles. The molecule has 0 saturated heterocycles. The monoisotopic (exact) mass is 215 g/mol. The van der Waals surface area contributed by atoms with Crippen LogP contribution in [0.4, 0.5) is 4.39 Å². The van der Waals surface area contributed by atoms with E-state index in [2.05, 4.69) is 4.98 Å². The second-order valence-electron chi connectivity index (χ2n) is 3.73. The maximum Gasteiger partial charge on any atom is 0.123 e. The summed E-state index contributed by atoms with van der Waals surface area (Å²) in [5.74, 6) is 0.550. The Labute approximate surface area is 91.6 Å². The zero-order valence-corrected chi connectivity index (χ0v) is 8.75. The molecule has 0 atom stereocenters. The van der Waals surface area contributed by atoms with E-state index in [4.69, 9.17) is 4.74 Å². The van der Waals surface area contributed by atoms with Crippen molar-refractivity contribution in [1.82, 2.24) is 4.98 Å². The van der Waals surface area contributed by atoms with E-state index in [-0.39, 0.29) is 5.82 Å². The van der Waals surface area contributed by atoms with Crippen molar-refractivity contribution >= 4 is 21.8 Å². The summed E-state index contributed by atoms with van der Waals surface area (Å²) in [5.41, 5.74) is 1.92. The molecule has 3 heteroatoms. The van der Waals surface area contributed by atoms with Gasteiger partial charge in [-0.3, -0.25) is 0 Å². The lowest BCUT2D eigenvalue weighted by Gasteiger charge is -1.98. The lowest BCUT2D eigenvalue weighted by Crippen LogP contribution is -1.80. The summed E-state index contributed by atoms with van der Waals surface area (Å²) in [6, 6.07) is 10.5. The van der Waals surface area contributed by atoms with Crippen molar-refractivity contribution in [3.05, 3.63) is 42.2 Å². The number of rotatable bonds is 1. The van der Waals surface area contributed by atoms with E-state index < -0.39 is 0 Å². The van der Waals surface area contributed by atoms with Crippen LogP contribution in [0, 0.1) is 5.82 Å². The van der Waals surface area contributed by atoms with Crippen LogP contribution in [0.3, 0.4) is 0 Å². The molecule has 1 heterocycles. The van der Waals surface area contributed by atoms with Gasteiger partial charge in [-0.05, 0) is 36.4 Å². The van der Waals surface area contributed by atoms with E-state index in [1.807, 2.05) is 18.2 Å². The number of methoxy groups -OCH3 is 1. The SMILES string of the molecule is COc1ccc2[nH]c3ccc(F)cc3c2c1. The summed E-state index contributed by atoms with van der Waals surface area (Å²) < 4.78 is 18.3. The molecule has 0 aliphatic rings. The Morgan fingerprint density at radius 2 is 1.69 bits per heavy atom. The summed E-state index contributed by atoms with van der Waals surface area (Å²) in [6.45, 7) is 0. The minimum absolute atomic E-state index is 0.226. The number of halogens is 1. The van der Waals surface area contributed by atoms with Gasteiger partial charge in [-0.1, -0.05) is 0 Å². The quantitative estimate of drug-likeness (QED) is 0.660. The predicted octanol–water partition coefficient (Wildman–Crippen LogP) is 3.47. The molecule has 0 fully saturated rings. The van der Waals surface area contributed by atoms with E-state index in [0.29, 0.717) is 0 Å². The molecular weight excluding hydrogens is 205 g/mol. The summed E-state index contributed by atoms with van der Waals surface area (Å²) >= 11 is 0. The van der Waals surface area contributed by atoms with Gasteiger partial charge in [0.05, 0.1) is 7.11 Å². The number of ether oxygens (including phenoxy) is 1. The minimum Gasteiger partial charge on any atom is -0.497 e. The lowest BCUT2D eigenvalue weighted by molar-refractivity contribution is 0.415. The standard InChI is InChI=1S/C13H10FNO/c1-16-9-3-5-13-11(7-9)10-6-8(14)2-4-12(10)15-13/h2-7,15H,1H3. The van der Waals surface area contributed by atoms with Crippen LogP contribution >= 0.6 is 0 Å². The molecule has 1 N–H and O–H groups in total. The molecule has 0 spiro atoms. The first-order valence-corrected chi connectivity index (χ1v) is 5.03. The normalized spacial score (nSPS) is 11.1. The van der Waals surface area contributed by atoms with Crippen LogP contribution in [0.1, 0.15) is 0 Å². The highest BCUT2D eigenvalue weighted by atomic mass is 19.1. The molecule has 16 heavy (non-hydrogen) atoms. The molecule has 0 unspecified atom stereocenters. The second kappa shape index (κ2) is 3.23. The van der Waals surface area contributed by atoms with E-state index in [0.717, 1.165) is 27.6 Å². The number of aromatic amines is 1. The van der Waals surface area contributed by atoms with Gasteiger partial charge in [-0.25, -0.2) is 4.39 Å². The Kier molecular flexibility index (Phi) is 1.86. The van der Waals surface area contributed by atoms with Gasteiger partial charge in [0, 0.05) is 21.8 Å². The number of benzene rings is 2. The van der Waals surface area contributed by atoms with Crippen LogP contribution in [0.25, 0.3) is 21.8 Å². The summed E-state index contributed by atoms with van der Waals surface area (Å²) in [7, 11) is 1.62. The highest BCUT2D eigenvalue weighted by Crippen LogP contribution is 2.28. The molecule has 3 rings (SSSR count). The minimum atomic E-state index is -0.226. The Morgan fingerprint density at radius 1 is 1.00 bits per heavy atom. The number of fused-ring (bicyclic) bond motifs is 3. The van der Waals surface area contributed by atoms with Crippen LogP contribution < -0.4 is 4.74 Å². The molecule has 0 radical (unpaired) electrons. The zero-order valence-electron chi connectivity index (χ0n) is 8.75. The summed E-state index contributed by atoms with van der Waals surface area (Å²) in [5, 5.41) is 1.86. The van der Waals surface area contributed by atoms with Gasteiger partial charge in [0.2, 0.25) is 0 Å². The van der Waals surface area contributed by atoms with Crippen molar-refractivity contribution in [3.63, 3.8) is 0 Å². The molecular formula is C13H10FNO. The highest BCUT2D eigenvalue weighted by Gasteiger charge is 2.05. The first-order valence-electron chi connectivity index (χ1n) is 5.03. The van der Waals surface area contributed by atoms with E-state index in [1.54, 1.807) is 13.2 Å². The van der Waals surface area contributed by atoms with Gasteiger partial charge < -0.3 is 9.72 Å².